The van der Waals surface area contributed by atoms with Crippen LogP contribution >= 0.6 is 22.9 Å². The molecule has 0 N–H and O–H groups in total. The van der Waals surface area contributed by atoms with Crippen molar-refractivity contribution in [1.29, 1.82) is 0 Å². The van der Waals surface area contributed by atoms with E-state index < -0.39 is 0 Å². The Labute approximate surface area is 156 Å². The average Bonchev–Trinajstić information content (AvgIpc) is 2.68. The smallest absolute Gasteiger partial charge is 0.0646 e. The van der Waals surface area contributed by atoms with Crippen molar-refractivity contribution in [2.45, 2.75) is 0 Å². The highest BCUT2D eigenvalue weighted by Crippen LogP contribution is 2.35. The van der Waals surface area contributed by atoms with E-state index in [-0.39, 0.29) is 0 Å². The van der Waals surface area contributed by atoms with Gasteiger partial charge < -0.3 is 0 Å². The highest BCUT2D eigenvalue weighted by atomic mass is 127. The normalized spacial score (nSPS) is 10.7. The summed E-state index contributed by atoms with van der Waals surface area (Å²) < 4.78 is 2.22. The van der Waals surface area contributed by atoms with Gasteiger partial charge in [0.15, 0.2) is 0 Å². The van der Waals surface area contributed by atoms with Gasteiger partial charge in [-0.3, -0.25) is 3.11 Å². The van der Waals surface area contributed by atoms with Crippen LogP contribution in [0.15, 0.2) is 97.1 Å². The molecular formula is C22H16IN. The molecule has 0 saturated heterocycles. The lowest BCUT2D eigenvalue weighted by molar-refractivity contribution is 1.49. The monoisotopic (exact) mass is 421 g/mol. The number of fused-ring (bicyclic) bond motifs is 1. The van der Waals surface area contributed by atoms with Gasteiger partial charge in [-0.05, 0) is 34.7 Å². The minimum Gasteiger partial charge on any atom is -0.282 e. The van der Waals surface area contributed by atoms with Crippen LogP contribution in [-0.2, 0) is 0 Å². The van der Waals surface area contributed by atoms with E-state index in [0.29, 0.717) is 0 Å². The maximum Gasteiger partial charge on any atom is 0.0646 e. The third-order valence-electron chi connectivity index (χ3n) is 4.18. The zero-order valence-electron chi connectivity index (χ0n) is 13.1. The van der Waals surface area contributed by atoms with Crippen LogP contribution in [-0.4, -0.2) is 0 Å². The van der Waals surface area contributed by atoms with E-state index in [0.717, 1.165) is 0 Å². The number of halogens is 1. The molecule has 0 unspecified atom stereocenters. The largest absolute Gasteiger partial charge is 0.282 e. The Morgan fingerprint density at radius 2 is 1.17 bits per heavy atom. The van der Waals surface area contributed by atoms with E-state index in [1.165, 1.54) is 33.3 Å². The summed E-state index contributed by atoms with van der Waals surface area (Å²) >= 11 is 2.38. The van der Waals surface area contributed by atoms with Crippen LogP contribution in [0.1, 0.15) is 0 Å². The Morgan fingerprint density at radius 1 is 0.542 bits per heavy atom. The summed E-state index contributed by atoms with van der Waals surface area (Å²) in [4.78, 5) is 0. The molecule has 0 heterocycles. The zero-order valence-corrected chi connectivity index (χ0v) is 15.2. The second kappa shape index (κ2) is 6.65. The Kier molecular flexibility index (Phi) is 4.22. The molecule has 0 amide bonds. The summed E-state index contributed by atoms with van der Waals surface area (Å²) in [6, 6.07) is 34.1. The Morgan fingerprint density at radius 3 is 1.96 bits per heavy atom. The van der Waals surface area contributed by atoms with Gasteiger partial charge in [0.25, 0.3) is 0 Å². The molecule has 0 atom stereocenters. The van der Waals surface area contributed by atoms with Gasteiger partial charge in [-0.25, -0.2) is 0 Å². The van der Waals surface area contributed by atoms with Crippen molar-refractivity contribution in [1.82, 2.24) is 0 Å². The molecule has 0 saturated carbocycles. The molecule has 0 aliphatic carbocycles. The fourth-order valence-corrected chi connectivity index (χ4v) is 3.68. The van der Waals surface area contributed by atoms with Crippen molar-refractivity contribution in [3.8, 4) is 11.1 Å². The number of benzene rings is 4. The van der Waals surface area contributed by atoms with Gasteiger partial charge in [0.2, 0.25) is 0 Å². The van der Waals surface area contributed by atoms with Gasteiger partial charge in [-0.1, -0.05) is 78.9 Å². The third kappa shape index (κ3) is 2.89. The summed E-state index contributed by atoms with van der Waals surface area (Å²) in [5.74, 6) is 0. The molecule has 0 fully saturated rings. The van der Waals surface area contributed by atoms with E-state index in [9.17, 15) is 0 Å². The summed E-state index contributed by atoms with van der Waals surface area (Å²) in [6.07, 6.45) is 0. The Hall–Kier alpha value is -2.33. The first kappa shape index (κ1) is 15.2. The molecule has 4 aromatic rings. The van der Waals surface area contributed by atoms with Crippen molar-refractivity contribution < 1.29 is 0 Å². The number of hydrogen-bond acceptors (Lipinski definition) is 1. The molecule has 0 aliphatic heterocycles. The fraction of sp³-hybridized carbons (Fsp3) is 0. The summed E-state index contributed by atoms with van der Waals surface area (Å²) in [5.41, 5.74) is 4.86. The van der Waals surface area contributed by atoms with Crippen molar-refractivity contribution in [2.75, 3.05) is 3.11 Å². The predicted octanol–water partition coefficient (Wildman–Crippen LogP) is 6.99. The molecule has 0 spiro atoms. The predicted molar refractivity (Wildman–Crippen MR) is 112 cm³/mol. The van der Waals surface area contributed by atoms with E-state index in [1.54, 1.807) is 0 Å². The molecule has 24 heavy (non-hydrogen) atoms. The van der Waals surface area contributed by atoms with Crippen molar-refractivity contribution in [2.24, 2.45) is 0 Å². The molecule has 4 aromatic carbocycles. The number of hydrogen-bond donors (Lipinski definition) is 0. The second-order valence-corrected chi connectivity index (χ2v) is 6.66. The maximum atomic E-state index is 2.38. The van der Waals surface area contributed by atoms with Crippen molar-refractivity contribution in [3.63, 3.8) is 0 Å². The average molecular weight is 421 g/mol. The second-order valence-electron chi connectivity index (χ2n) is 5.69. The van der Waals surface area contributed by atoms with Crippen LogP contribution in [0.5, 0.6) is 0 Å². The van der Waals surface area contributed by atoms with Crippen LogP contribution < -0.4 is 3.11 Å². The van der Waals surface area contributed by atoms with Crippen molar-refractivity contribution in [3.05, 3.63) is 97.1 Å². The molecular weight excluding hydrogens is 405 g/mol. The Bertz CT molecular complexity index is 957. The van der Waals surface area contributed by atoms with E-state index in [4.69, 9.17) is 0 Å². The topological polar surface area (TPSA) is 3.24 Å². The van der Waals surface area contributed by atoms with E-state index in [1.807, 2.05) is 6.07 Å². The lowest BCUT2D eigenvalue weighted by atomic mass is 10.1. The number of anilines is 2. The molecule has 1 nitrogen and oxygen atoms in total. The minimum absolute atomic E-state index is 1.17. The van der Waals surface area contributed by atoms with Gasteiger partial charge in [-0.2, -0.15) is 0 Å². The molecule has 2 heteroatoms. The lowest BCUT2D eigenvalue weighted by Crippen LogP contribution is -2.01. The van der Waals surface area contributed by atoms with Gasteiger partial charge in [0.1, 0.15) is 0 Å². The SMILES string of the molecule is IN(c1ccc(-c2ccccc2)cc1)c1cccc2ccccc12. The highest BCUT2D eigenvalue weighted by molar-refractivity contribution is 14.1. The van der Waals surface area contributed by atoms with Crippen molar-refractivity contribution >= 4 is 45.0 Å². The first-order chi connectivity index (χ1) is 11.8. The molecule has 116 valence electrons. The van der Waals surface area contributed by atoms with E-state index in [2.05, 4.69) is 117 Å². The number of nitrogens with zero attached hydrogens (tertiary/aromatic N) is 1. The molecule has 4 rings (SSSR count). The van der Waals surface area contributed by atoms with Crippen LogP contribution in [0.4, 0.5) is 11.4 Å². The summed E-state index contributed by atoms with van der Waals surface area (Å²) in [7, 11) is 0. The van der Waals surface area contributed by atoms with Crippen LogP contribution in [0.25, 0.3) is 21.9 Å². The van der Waals surface area contributed by atoms with Gasteiger partial charge in [0, 0.05) is 5.39 Å². The molecule has 0 aliphatic rings. The quantitative estimate of drug-likeness (QED) is 0.254. The van der Waals surface area contributed by atoms with Gasteiger partial charge in [0.05, 0.1) is 34.2 Å². The van der Waals surface area contributed by atoms with Gasteiger partial charge in [-0.15, -0.1) is 0 Å². The maximum absolute atomic E-state index is 2.38. The number of rotatable bonds is 3. The molecule has 0 radical (unpaired) electrons. The van der Waals surface area contributed by atoms with Crippen LogP contribution in [0.2, 0.25) is 0 Å². The standard InChI is InChI=1S/C22H16IN/c23-24(22-12-6-10-19-9-4-5-11-21(19)22)20-15-13-18(14-16-20)17-7-2-1-3-8-17/h1-16H. The molecule has 0 bridgehead atoms. The first-order valence-electron chi connectivity index (χ1n) is 7.92. The lowest BCUT2D eigenvalue weighted by Gasteiger charge is -2.19. The summed E-state index contributed by atoms with van der Waals surface area (Å²) in [6.45, 7) is 0. The first-order valence-corrected chi connectivity index (χ1v) is 8.88. The van der Waals surface area contributed by atoms with E-state index >= 15 is 0 Å². The van der Waals surface area contributed by atoms with Crippen LogP contribution in [0.3, 0.4) is 0 Å². The summed E-state index contributed by atoms with van der Waals surface area (Å²) in [5, 5.41) is 2.53. The molecule has 0 aromatic heterocycles. The van der Waals surface area contributed by atoms with Crippen LogP contribution in [0, 0.1) is 0 Å². The third-order valence-corrected chi connectivity index (χ3v) is 5.26. The Balaban J connectivity index is 1.70. The minimum atomic E-state index is 1.17. The highest BCUT2D eigenvalue weighted by Gasteiger charge is 2.09. The zero-order chi connectivity index (χ0) is 16.4. The fourth-order valence-electron chi connectivity index (χ4n) is 2.93. The van der Waals surface area contributed by atoms with Gasteiger partial charge >= 0.3 is 0 Å².